The van der Waals surface area contributed by atoms with Gasteiger partial charge in [0.25, 0.3) is 5.91 Å². The normalized spacial score (nSPS) is 20.7. The highest BCUT2D eigenvalue weighted by Gasteiger charge is 2.39. The van der Waals surface area contributed by atoms with Crippen LogP contribution in [0.25, 0.3) is 0 Å². The average Bonchev–Trinajstić information content (AvgIpc) is 3.19. The van der Waals surface area contributed by atoms with Crippen molar-refractivity contribution in [3.05, 3.63) is 58.9 Å². The standard InChI is InChI=1S/C29H38N4O3/c1-28(2)18-24-22(4-3-5-25(24)36-28)20-32-14-9-29(10-15-32)11-16-33(17-12-29)27(35)23-8-13-31-19-21(23)6-7-26(30)34/h3-5,8,13,19H,6-7,9-12,14-18,20H2,1-2H3,(H2,30,34). The van der Waals surface area contributed by atoms with E-state index < -0.39 is 0 Å². The van der Waals surface area contributed by atoms with E-state index in [0.717, 1.165) is 63.3 Å². The van der Waals surface area contributed by atoms with Crippen molar-refractivity contribution in [1.82, 2.24) is 14.8 Å². The first-order valence-electron chi connectivity index (χ1n) is 13.3. The zero-order chi connectivity index (χ0) is 25.3. The number of ether oxygens (including phenoxy) is 1. The van der Waals surface area contributed by atoms with Gasteiger partial charge in [-0.05, 0) is 87.7 Å². The number of hydrogen-bond acceptors (Lipinski definition) is 5. The van der Waals surface area contributed by atoms with E-state index >= 15 is 0 Å². The Morgan fingerprint density at radius 3 is 2.47 bits per heavy atom. The molecular weight excluding hydrogens is 452 g/mol. The first-order chi connectivity index (χ1) is 17.2. The van der Waals surface area contributed by atoms with Gasteiger partial charge in [-0.1, -0.05) is 12.1 Å². The van der Waals surface area contributed by atoms with Crippen LogP contribution in [0.15, 0.2) is 36.7 Å². The highest BCUT2D eigenvalue weighted by molar-refractivity contribution is 5.95. The summed E-state index contributed by atoms with van der Waals surface area (Å²) in [7, 11) is 0. The number of hydrogen-bond donors (Lipinski definition) is 1. The molecule has 0 unspecified atom stereocenters. The molecule has 2 aromatic rings. The van der Waals surface area contributed by atoms with Gasteiger partial charge in [-0.25, -0.2) is 0 Å². The number of carbonyl (C=O) groups excluding carboxylic acids is 2. The van der Waals surface area contributed by atoms with Gasteiger partial charge in [-0.2, -0.15) is 0 Å². The summed E-state index contributed by atoms with van der Waals surface area (Å²) < 4.78 is 6.13. The lowest BCUT2D eigenvalue weighted by Gasteiger charge is -2.47. The molecule has 1 aromatic heterocycles. The van der Waals surface area contributed by atoms with Crippen molar-refractivity contribution in [2.45, 2.75) is 70.9 Å². The molecule has 3 aliphatic heterocycles. The van der Waals surface area contributed by atoms with Crippen molar-refractivity contribution in [2.75, 3.05) is 26.2 Å². The number of fused-ring (bicyclic) bond motifs is 1. The Kier molecular flexibility index (Phi) is 6.77. The maximum absolute atomic E-state index is 13.3. The summed E-state index contributed by atoms with van der Waals surface area (Å²) in [5.41, 5.74) is 9.76. The summed E-state index contributed by atoms with van der Waals surface area (Å²) in [6.07, 6.45) is 9.46. The number of pyridine rings is 1. The molecule has 0 aliphatic carbocycles. The second kappa shape index (κ2) is 9.85. The monoisotopic (exact) mass is 490 g/mol. The highest BCUT2D eigenvalue weighted by Crippen LogP contribution is 2.43. The van der Waals surface area contributed by atoms with Gasteiger partial charge < -0.3 is 15.4 Å². The fraction of sp³-hybridized carbons (Fsp3) is 0.552. The van der Waals surface area contributed by atoms with Gasteiger partial charge in [0.2, 0.25) is 5.91 Å². The molecule has 2 fully saturated rings. The molecule has 2 N–H and O–H groups in total. The summed E-state index contributed by atoms with van der Waals surface area (Å²) in [4.78, 5) is 33.2. The van der Waals surface area contributed by atoms with Gasteiger partial charge in [-0.3, -0.25) is 19.5 Å². The molecule has 2 saturated heterocycles. The van der Waals surface area contributed by atoms with Crippen molar-refractivity contribution < 1.29 is 14.3 Å². The smallest absolute Gasteiger partial charge is 0.254 e. The summed E-state index contributed by atoms with van der Waals surface area (Å²) in [6, 6.07) is 8.25. The van der Waals surface area contributed by atoms with Crippen molar-refractivity contribution in [3.8, 4) is 5.75 Å². The van der Waals surface area contributed by atoms with E-state index in [1.807, 2.05) is 4.90 Å². The molecule has 192 valence electrons. The summed E-state index contributed by atoms with van der Waals surface area (Å²) in [5, 5.41) is 0. The molecule has 36 heavy (non-hydrogen) atoms. The van der Waals surface area contributed by atoms with Gasteiger partial charge in [0.05, 0.1) is 0 Å². The fourth-order valence-corrected chi connectivity index (χ4v) is 6.19. The Morgan fingerprint density at radius 1 is 1.03 bits per heavy atom. The van der Waals surface area contributed by atoms with Crippen LogP contribution >= 0.6 is 0 Å². The lowest BCUT2D eigenvalue weighted by Crippen LogP contribution is -2.48. The van der Waals surface area contributed by atoms with Crippen LogP contribution in [0.4, 0.5) is 0 Å². The van der Waals surface area contributed by atoms with Crippen LogP contribution in [0, 0.1) is 5.41 Å². The molecule has 5 rings (SSSR count). The maximum Gasteiger partial charge on any atom is 0.254 e. The van der Waals surface area contributed by atoms with Gasteiger partial charge in [-0.15, -0.1) is 0 Å². The van der Waals surface area contributed by atoms with Crippen molar-refractivity contribution in [3.63, 3.8) is 0 Å². The van der Waals surface area contributed by atoms with Crippen LogP contribution in [-0.2, 0) is 24.2 Å². The Morgan fingerprint density at radius 2 is 1.75 bits per heavy atom. The van der Waals surface area contributed by atoms with E-state index in [1.165, 1.54) is 24.0 Å². The minimum Gasteiger partial charge on any atom is -0.487 e. The molecule has 3 aliphatic rings. The fourth-order valence-electron chi connectivity index (χ4n) is 6.19. The van der Waals surface area contributed by atoms with E-state index in [9.17, 15) is 9.59 Å². The number of carbonyl (C=O) groups is 2. The lowest BCUT2D eigenvalue weighted by molar-refractivity contribution is -0.118. The Balaban J connectivity index is 1.16. The van der Waals surface area contributed by atoms with Gasteiger partial charge in [0, 0.05) is 56.0 Å². The number of primary amides is 1. The van der Waals surface area contributed by atoms with Crippen LogP contribution in [0.5, 0.6) is 5.75 Å². The number of aryl methyl sites for hydroxylation is 1. The minimum absolute atomic E-state index is 0.0484. The van der Waals surface area contributed by atoms with E-state index in [2.05, 4.69) is 41.9 Å². The third-order valence-electron chi connectivity index (χ3n) is 8.42. The Bertz CT molecular complexity index is 1130. The second-order valence-corrected chi connectivity index (χ2v) is 11.5. The van der Waals surface area contributed by atoms with E-state index in [-0.39, 0.29) is 23.8 Å². The summed E-state index contributed by atoms with van der Waals surface area (Å²) >= 11 is 0. The van der Waals surface area contributed by atoms with Crippen molar-refractivity contribution >= 4 is 11.8 Å². The van der Waals surface area contributed by atoms with Crippen LogP contribution in [0.2, 0.25) is 0 Å². The molecule has 1 spiro atoms. The number of aromatic nitrogens is 1. The molecule has 7 heteroatoms. The van der Waals surface area contributed by atoms with E-state index in [4.69, 9.17) is 10.5 Å². The topological polar surface area (TPSA) is 88.8 Å². The quantitative estimate of drug-likeness (QED) is 0.667. The highest BCUT2D eigenvalue weighted by atomic mass is 16.5. The van der Waals surface area contributed by atoms with Crippen LogP contribution in [0.1, 0.15) is 73.0 Å². The molecule has 0 atom stereocenters. The number of nitrogens with zero attached hydrogens (tertiary/aromatic N) is 3. The zero-order valence-corrected chi connectivity index (χ0v) is 21.6. The number of likely N-dealkylation sites (tertiary alicyclic amines) is 2. The number of benzene rings is 1. The summed E-state index contributed by atoms with van der Waals surface area (Å²) in [6.45, 7) is 9.08. The molecule has 0 radical (unpaired) electrons. The number of piperidine rings is 2. The Labute approximate surface area is 214 Å². The first kappa shape index (κ1) is 24.8. The molecule has 2 amide bonds. The third kappa shape index (κ3) is 5.26. The number of amides is 2. The maximum atomic E-state index is 13.3. The van der Waals surface area contributed by atoms with Crippen molar-refractivity contribution in [2.24, 2.45) is 11.1 Å². The Hall–Kier alpha value is -2.93. The molecular formula is C29H38N4O3. The number of rotatable bonds is 6. The average molecular weight is 491 g/mol. The van der Waals surface area contributed by atoms with Gasteiger partial charge >= 0.3 is 0 Å². The molecule has 4 heterocycles. The molecule has 1 aromatic carbocycles. The predicted octanol–water partition coefficient (Wildman–Crippen LogP) is 3.73. The van der Waals surface area contributed by atoms with Crippen LogP contribution in [-0.4, -0.2) is 58.4 Å². The minimum atomic E-state index is -0.364. The molecule has 7 nitrogen and oxygen atoms in total. The predicted molar refractivity (Wildman–Crippen MR) is 139 cm³/mol. The SMILES string of the molecule is CC1(C)Cc2c(CN3CCC4(CC3)CCN(C(=O)c3ccncc3CCC(N)=O)CC4)cccc2O1. The molecule has 0 bridgehead atoms. The third-order valence-corrected chi connectivity index (χ3v) is 8.42. The zero-order valence-electron chi connectivity index (χ0n) is 21.6. The van der Waals surface area contributed by atoms with Crippen LogP contribution in [0.3, 0.4) is 0 Å². The molecule has 0 saturated carbocycles. The van der Waals surface area contributed by atoms with E-state index in [0.29, 0.717) is 17.4 Å². The van der Waals surface area contributed by atoms with Crippen molar-refractivity contribution in [1.29, 1.82) is 0 Å². The van der Waals surface area contributed by atoms with Gasteiger partial charge in [0.15, 0.2) is 0 Å². The largest absolute Gasteiger partial charge is 0.487 e. The van der Waals surface area contributed by atoms with E-state index in [1.54, 1.807) is 18.5 Å². The second-order valence-electron chi connectivity index (χ2n) is 11.5. The summed E-state index contributed by atoms with van der Waals surface area (Å²) in [5.74, 6) is 0.736. The number of nitrogens with two attached hydrogens (primary N) is 1. The first-order valence-corrected chi connectivity index (χ1v) is 13.3. The van der Waals surface area contributed by atoms with Gasteiger partial charge in [0.1, 0.15) is 11.4 Å². The lowest BCUT2D eigenvalue weighted by atomic mass is 9.71. The van der Waals surface area contributed by atoms with Crippen LogP contribution < -0.4 is 10.5 Å².